The van der Waals surface area contributed by atoms with Crippen LogP contribution in [0.2, 0.25) is 10.0 Å². The number of carbonyl (C=O) groups excluding carboxylic acids is 1. The molecule has 0 fully saturated rings. The summed E-state index contributed by atoms with van der Waals surface area (Å²) in [6, 6.07) is 10.6. The molecule has 0 saturated carbocycles. The summed E-state index contributed by atoms with van der Waals surface area (Å²) in [6.07, 6.45) is 1.26. The third-order valence-corrected chi connectivity index (χ3v) is 10.6. The summed E-state index contributed by atoms with van der Waals surface area (Å²) in [7, 11) is -1.74. The highest BCUT2D eigenvalue weighted by molar-refractivity contribution is 7.89. The number of rotatable bonds is 35. The van der Waals surface area contributed by atoms with Crippen molar-refractivity contribution in [2.75, 3.05) is 146 Å². The van der Waals surface area contributed by atoms with E-state index in [0.717, 1.165) is 29.7 Å². The number of carbonyl (C=O) groups is 1. The number of sulfonamides is 1. The third-order valence-electron chi connectivity index (χ3n) is 8.60. The van der Waals surface area contributed by atoms with Crippen molar-refractivity contribution in [1.82, 2.24) is 14.9 Å². The standard InChI is InChI=1S/C40H63Cl2N3O12S/c1-3-10-49-14-18-53-22-24-56-26-27-57-25-23-54-19-15-50-11-7-40(46)43-8-12-51-16-20-55-21-17-52-13-9-44-58(47,48)35-6-4-5-33(28-35)37-31-45(2)32-38-36(37)29-34(41)30-39(38)42/h4-6,28-30,37,44H,3,7-27,31-32H2,1-2H3,(H,43,46). The van der Waals surface area contributed by atoms with Gasteiger partial charge in [0.25, 0.3) is 0 Å². The van der Waals surface area contributed by atoms with E-state index in [9.17, 15) is 13.2 Å². The minimum Gasteiger partial charge on any atom is -0.379 e. The monoisotopic (exact) mass is 879 g/mol. The van der Waals surface area contributed by atoms with Crippen molar-refractivity contribution in [2.24, 2.45) is 0 Å². The van der Waals surface area contributed by atoms with E-state index in [0.29, 0.717) is 135 Å². The molecule has 18 heteroatoms. The minimum absolute atomic E-state index is 0.0728. The summed E-state index contributed by atoms with van der Waals surface area (Å²) in [6.45, 7) is 11.9. The number of hydrogen-bond acceptors (Lipinski definition) is 13. The number of likely N-dealkylation sites (N-methyl/N-ethyl adjacent to an activating group) is 1. The Bertz CT molecular complexity index is 1530. The zero-order chi connectivity index (χ0) is 41.7. The lowest BCUT2D eigenvalue weighted by Crippen LogP contribution is -2.31. The van der Waals surface area contributed by atoms with Crippen molar-refractivity contribution < 1.29 is 55.8 Å². The van der Waals surface area contributed by atoms with E-state index in [1.807, 2.05) is 19.2 Å². The van der Waals surface area contributed by atoms with Crippen molar-refractivity contribution in [2.45, 2.75) is 37.1 Å². The van der Waals surface area contributed by atoms with Gasteiger partial charge in [-0.15, -0.1) is 0 Å². The molecule has 0 radical (unpaired) electrons. The molecule has 2 aromatic rings. The lowest BCUT2D eigenvalue weighted by molar-refractivity contribution is -0.122. The number of amides is 1. The molecule has 0 aromatic heterocycles. The van der Waals surface area contributed by atoms with Gasteiger partial charge >= 0.3 is 0 Å². The normalized spacial score (nSPS) is 14.5. The number of nitrogens with one attached hydrogen (secondary N) is 2. The van der Waals surface area contributed by atoms with Gasteiger partial charge in [0.15, 0.2) is 0 Å². The van der Waals surface area contributed by atoms with Crippen molar-refractivity contribution in [3.05, 3.63) is 63.1 Å². The number of halogens is 2. The van der Waals surface area contributed by atoms with Crippen LogP contribution < -0.4 is 10.0 Å². The van der Waals surface area contributed by atoms with E-state index in [-0.39, 0.29) is 36.3 Å². The van der Waals surface area contributed by atoms with Gasteiger partial charge in [0, 0.05) is 55.2 Å². The Morgan fingerprint density at radius 1 is 0.690 bits per heavy atom. The molecule has 1 atom stereocenters. The summed E-state index contributed by atoms with van der Waals surface area (Å²) in [5.74, 6) is -0.191. The largest absolute Gasteiger partial charge is 0.379 e. The predicted octanol–water partition coefficient (Wildman–Crippen LogP) is 3.91. The van der Waals surface area contributed by atoms with Gasteiger partial charge < -0.3 is 52.8 Å². The third kappa shape index (κ3) is 21.5. The van der Waals surface area contributed by atoms with Gasteiger partial charge in [0.1, 0.15) is 0 Å². The van der Waals surface area contributed by atoms with Gasteiger partial charge in [0.05, 0.1) is 117 Å². The predicted molar refractivity (Wildman–Crippen MR) is 222 cm³/mol. The van der Waals surface area contributed by atoms with Crippen LogP contribution >= 0.6 is 23.2 Å². The molecule has 330 valence electrons. The number of hydrogen-bond donors (Lipinski definition) is 2. The summed E-state index contributed by atoms with van der Waals surface area (Å²) in [4.78, 5) is 14.3. The molecular formula is C40H63Cl2N3O12S. The fraction of sp³-hybridized carbons (Fsp3) is 0.675. The van der Waals surface area contributed by atoms with Gasteiger partial charge in [0.2, 0.25) is 15.9 Å². The highest BCUT2D eigenvalue weighted by Crippen LogP contribution is 2.38. The van der Waals surface area contributed by atoms with Crippen LogP contribution in [0.5, 0.6) is 0 Å². The van der Waals surface area contributed by atoms with E-state index in [2.05, 4.69) is 21.9 Å². The Hall–Kier alpha value is -2.00. The molecule has 0 saturated heterocycles. The van der Waals surface area contributed by atoms with Crippen LogP contribution in [-0.2, 0) is 64.0 Å². The SMILES string of the molecule is CCCOCCOCCOCCOCCOCCOCCC(=O)NCCOCCOCCOCCNS(=O)(=O)c1cccc(C2CN(C)Cc3c(Cl)cc(Cl)cc32)c1. The molecule has 1 unspecified atom stereocenters. The quantitative estimate of drug-likeness (QED) is 0.0961. The Balaban J connectivity index is 1.08. The summed E-state index contributed by atoms with van der Waals surface area (Å²) >= 11 is 12.8. The first kappa shape index (κ1) is 50.4. The number of fused-ring (bicyclic) bond motifs is 1. The Kier molecular flexibility index (Phi) is 26.9. The van der Waals surface area contributed by atoms with Crippen LogP contribution in [0, 0.1) is 0 Å². The van der Waals surface area contributed by atoms with E-state index in [1.165, 1.54) is 0 Å². The summed E-state index contributed by atoms with van der Waals surface area (Å²) in [5, 5.41) is 3.95. The van der Waals surface area contributed by atoms with Crippen molar-refractivity contribution in [1.29, 1.82) is 0 Å². The van der Waals surface area contributed by atoms with Gasteiger partial charge in [-0.2, -0.15) is 0 Å². The summed E-state index contributed by atoms with van der Waals surface area (Å²) in [5.41, 5.74) is 2.89. The van der Waals surface area contributed by atoms with Gasteiger partial charge in [-0.1, -0.05) is 42.3 Å². The second kappa shape index (κ2) is 30.9. The minimum atomic E-state index is -3.76. The maximum Gasteiger partial charge on any atom is 0.240 e. The summed E-state index contributed by atoms with van der Waals surface area (Å²) < 4.78 is 77.8. The molecule has 2 aromatic carbocycles. The van der Waals surface area contributed by atoms with Gasteiger partial charge in [-0.25, -0.2) is 13.1 Å². The number of benzene rings is 2. The second-order valence-electron chi connectivity index (χ2n) is 13.3. The Morgan fingerprint density at radius 2 is 1.19 bits per heavy atom. The first-order chi connectivity index (χ1) is 28.2. The van der Waals surface area contributed by atoms with Crippen molar-refractivity contribution >= 4 is 39.1 Å². The van der Waals surface area contributed by atoms with Crippen LogP contribution in [0.25, 0.3) is 0 Å². The first-order valence-corrected chi connectivity index (χ1v) is 22.2. The van der Waals surface area contributed by atoms with E-state index in [1.54, 1.807) is 24.3 Å². The molecule has 1 amide bonds. The molecule has 1 heterocycles. The van der Waals surface area contributed by atoms with E-state index < -0.39 is 10.0 Å². The average Bonchev–Trinajstić information content (AvgIpc) is 3.20. The average molecular weight is 881 g/mol. The topological polar surface area (TPSA) is 162 Å². The molecule has 15 nitrogen and oxygen atoms in total. The molecule has 3 rings (SSSR count). The van der Waals surface area contributed by atoms with Crippen molar-refractivity contribution in [3.8, 4) is 0 Å². The van der Waals surface area contributed by atoms with Crippen LogP contribution in [0.4, 0.5) is 0 Å². The van der Waals surface area contributed by atoms with Crippen LogP contribution in [0.3, 0.4) is 0 Å². The fourth-order valence-electron chi connectivity index (χ4n) is 5.76. The van der Waals surface area contributed by atoms with Crippen LogP contribution in [0.1, 0.15) is 42.4 Å². The smallest absolute Gasteiger partial charge is 0.240 e. The van der Waals surface area contributed by atoms with Crippen molar-refractivity contribution in [3.63, 3.8) is 0 Å². The Labute approximate surface area is 354 Å². The molecule has 1 aliphatic heterocycles. The highest BCUT2D eigenvalue weighted by atomic mass is 35.5. The molecule has 0 aliphatic carbocycles. The number of ether oxygens (including phenoxy) is 9. The second-order valence-corrected chi connectivity index (χ2v) is 15.9. The van der Waals surface area contributed by atoms with E-state index in [4.69, 9.17) is 65.8 Å². The fourth-order valence-corrected chi connectivity index (χ4v) is 7.40. The molecular weight excluding hydrogens is 817 g/mol. The zero-order valence-electron chi connectivity index (χ0n) is 34.0. The van der Waals surface area contributed by atoms with Gasteiger partial charge in [-0.3, -0.25) is 4.79 Å². The molecule has 0 spiro atoms. The van der Waals surface area contributed by atoms with Crippen LogP contribution in [-0.4, -0.2) is 165 Å². The first-order valence-electron chi connectivity index (χ1n) is 19.9. The zero-order valence-corrected chi connectivity index (χ0v) is 36.4. The maximum absolute atomic E-state index is 13.1. The van der Waals surface area contributed by atoms with Crippen LogP contribution in [0.15, 0.2) is 41.3 Å². The Morgan fingerprint density at radius 3 is 1.74 bits per heavy atom. The van der Waals surface area contributed by atoms with Gasteiger partial charge in [-0.05, 0) is 54.4 Å². The molecule has 2 N–H and O–H groups in total. The molecule has 0 bridgehead atoms. The molecule has 1 aliphatic rings. The highest BCUT2D eigenvalue weighted by Gasteiger charge is 2.28. The number of nitrogens with zero attached hydrogens (tertiary/aromatic N) is 1. The lowest BCUT2D eigenvalue weighted by Gasteiger charge is -2.33. The molecule has 58 heavy (non-hydrogen) atoms. The lowest BCUT2D eigenvalue weighted by atomic mass is 9.85. The van der Waals surface area contributed by atoms with E-state index >= 15 is 0 Å². The maximum atomic E-state index is 13.1.